The smallest absolute Gasteiger partial charge is 0.196 e. The first-order valence-electron chi connectivity index (χ1n) is 5.29. The summed E-state index contributed by atoms with van der Waals surface area (Å²) in [5.41, 5.74) is 6.44. The van der Waals surface area contributed by atoms with Crippen LogP contribution in [0.25, 0.3) is 0 Å². The first kappa shape index (κ1) is 12.5. The molecule has 0 aliphatic carbocycles. The number of hydrogen-bond acceptors (Lipinski definition) is 2. The van der Waals surface area contributed by atoms with Crippen LogP contribution in [0.2, 0.25) is 10.0 Å². The minimum atomic E-state index is 0.420. The molecule has 1 saturated heterocycles. The van der Waals surface area contributed by atoms with Crippen molar-refractivity contribution in [2.75, 3.05) is 26.3 Å². The predicted molar refractivity (Wildman–Crippen MR) is 70.1 cm³/mol. The summed E-state index contributed by atoms with van der Waals surface area (Å²) < 4.78 is 5.24. The Morgan fingerprint density at radius 2 is 1.82 bits per heavy atom. The van der Waals surface area contributed by atoms with Crippen molar-refractivity contribution in [3.63, 3.8) is 0 Å². The second-order valence-electron chi connectivity index (χ2n) is 3.64. The van der Waals surface area contributed by atoms with Crippen molar-refractivity contribution in [2.45, 2.75) is 0 Å². The van der Waals surface area contributed by atoms with Crippen molar-refractivity contribution in [1.29, 1.82) is 0 Å². The van der Waals surface area contributed by atoms with Crippen LogP contribution in [-0.2, 0) is 4.74 Å². The van der Waals surface area contributed by atoms with Crippen LogP contribution in [0.4, 0.5) is 5.69 Å². The average molecular weight is 274 g/mol. The van der Waals surface area contributed by atoms with E-state index >= 15 is 0 Å². The van der Waals surface area contributed by atoms with Gasteiger partial charge in [0.05, 0.1) is 23.3 Å². The third kappa shape index (κ3) is 3.03. The predicted octanol–water partition coefficient (Wildman–Crippen LogP) is 2.27. The number of aliphatic imine (C=N–C) groups is 1. The summed E-state index contributed by atoms with van der Waals surface area (Å²) in [7, 11) is 0. The lowest BCUT2D eigenvalue weighted by Crippen LogP contribution is -2.44. The van der Waals surface area contributed by atoms with Crippen LogP contribution in [0.15, 0.2) is 23.2 Å². The SMILES string of the molecule is NC(=Nc1c(Cl)cccc1Cl)N1CCOCC1. The van der Waals surface area contributed by atoms with E-state index in [2.05, 4.69) is 4.99 Å². The van der Waals surface area contributed by atoms with Gasteiger partial charge in [-0.15, -0.1) is 0 Å². The maximum atomic E-state index is 6.02. The van der Waals surface area contributed by atoms with Crippen molar-refractivity contribution in [3.8, 4) is 0 Å². The van der Waals surface area contributed by atoms with Crippen LogP contribution in [0.3, 0.4) is 0 Å². The third-order valence-corrected chi connectivity index (χ3v) is 3.11. The van der Waals surface area contributed by atoms with Gasteiger partial charge in [-0.3, -0.25) is 0 Å². The highest BCUT2D eigenvalue weighted by molar-refractivity contribution is 6.38. The summed E-state index contributed by atoms with van der Waals surface area (Å²) in [4.78, 5) is 6.23. The molecule has 0 saturated carbocycles. The van der Waals surface area contributed by atoms with Gasteiger partial charge in [0.2, 0.25) is 0 Å². The van der Waals surface area contributed by atoms with Gasteiger partial charge in [0, 0.05) is 13.1 Å². The normalized spacial score (nSPS) is 17.3. The van der Waals surface area contributed by atoms with Crippen molar-refractivity contribution >= 4 is 34.8 Å². The van der Waals surface area contributed by atoms with E-state index in [0.29, 0.717) is 34.9 Å². The Labute approximate surface area is 110 Å². The minimum Gasteiger partial charge on any atom is -0.378 e. The number of rotatable bonds is 1. The first-order valence-corrected chi connectivity index (χ1v) is 6.05. The van der Waals surface area contributed by atoms with E-state index in [1.165, 1.54) is 0 Å². The van der Waals surface area contributed by atoms with Crippen LogP contribution in [0.5, 0.6) is 0 Å². The number of para-hydroxylation sites is 1. The lowest BCUT2D eigenvalue weighted by molar-refractivity contribution is 0.0675. The Hall–Kier alpha value is -0.970. The lowest BCUT2D eigenvalue weighted by Gasteiger charge is -2.27. The van der Waals surface area contributed by atoms with Crippen molar-refractivity contribution < 1.29 is 4.74 Å². The topological polar surface area (TPSA) is 50.8 Å². The van der Waals surface area contributed by atoms with Gasteiger partial charge in [0.1, 0.15) is 5.69 Å². The van der Waals surface area contributed by atoms with Gasteiger partial charge in [-0.05, 0) is 12.1 Å². The first-order chi connectivity index (χ1) is 8.18. The summed E-state index contributed by atoms with van der Waals surface area (Å²) in [5.74, 6) is 0.420. The van der Waals surface area contributed by atoms with Crippen LogP contribution in [-0.4, -0.2) is 37.2 Å². The Morgan fingerprint density at radius 3 is 2.41 bits per heavy atom. The number of halogens is 2. The van der Waals surface area contributed by atoms with Crippen LogP contribution in [0.1, 0.15) is 0 Å². The number of morpholine rings is 1. The zero-order valence-electron chi connectivity index (χ0n) is 9.20. The average Bonchev–Trinajstić information content (AvgIpc) is 2.35. The van der Waals surface area contributed by atoms with Crippen LogP contribution in [0, 0.1) is 0 Å². The third-order valence-electron chi connectivity index (χ3n) is 2.50. The molecule has 2 rings (SSSR count). The molecule has 1 aliphatic heterocycles. The molecule has 1 aromatic rings. The second-order valence-corrected chi connectivity index (χ2v) is 4.45. The molecule has 6 heteroatoms. The molecule has 0 bridgehead atoms. The van der Waals surface area contributed by atoms with E-state index in [0.717, 1.165) is 13.1 Å². The molecule has 1 aromatic carbocycles. The monoisotopic (exact) mass is 273 g/mol. The fraction of sp³-hybridized carbons (Fsp3) is 0.364. The second kappa shape index (κ2) is 5.58. The highest BCUT2D eigenvalue weighted by Crippen LogP contribution is 2.32. The van der Waals surface area contributed by atoms with Gasteiger partial charge < -0.3 is 15.4 Å². The Bertz CT molecular complexity index is 410. The van der Waals surface area contributed by atoms with E-state index < -0.39 is 0 Å². The standard InChI is InChI=1S/C11H13Cl2N3O/c12-8-2-1-3-9(13)10(8)15-11(14)16-4-6-17-7-5-16/h1-3H,4-7H2,(H2,14,15). The van der Waals surface area contributed by atoms with Crippen molar-refractivity contribution in [1.82, 2.24) is 4.90 Å². The summed E-state index contributed by atoms with van der Waals surface area (Å²) >= 11 is 12.0. The molecular weight excluding hydrogens is 261 g/mol. The quantitative estimate of drug-likeness (QED) is 0.631. The molecule has 0 aromatic heterocycles. The Kier molecular flexibility index (Phi) is 4.10. The van der Waals surface area contributed by atoms with E-state index in [9.17, 15) is 0 Å². The molecule has 1 fully saturated rings. The largest absolute Gasteiger partial charge is 0.378 e. The molecule has 1 aliphatic rings. The molecule has 92 valence electrons. The molecule has 17 heavy (non-hydrogen) atoms. The molecule has 4 nitrogen and oxygen atoms in total. The number of benzene rings is 1. The van der Waals surface area contributed by atoms with Gasteiger partial charge >= 0.3 is 0 Å². The van der Waals surface area contributed by atoms with E-state index in [1.54, 1.807) is 18.2 Å². The highest BCUT2D eigenvalue weighted by atomic mass is 35.5. The van der Waals surface area contributed by atoms with Gasteiger partial charge in [-0.25, -0.2) is 4.99 Å². The molecule has 0 amide bonds. The van der Waals surface area contributed by atoms with Gasteiger partial charge in [-0.2, -0.15) is 0 Å². The summed E-state index contributed by atoms with van der Waals surface area (Å²) in [5, 5.41) is 0.988. The van der Waals surface area contributed by atoms with E-state index in [4.69, 9.17) is 33.7 Å². The fourth-order valence-corrected chi connectivity index (χ4v) is 2.06. The molecular formula is C11H13Cl2N3O. The molecule has 0 atom stereocenters. The van der Waals surface area contributed by atoms with Crippen LogP contribution >= 0.6 is 23.2 Å². The maximum absolute atomic E-state index is 6.02. The minimum absolute atomic E-state index is 0.420. The van der Waals surface area contributed by atoms with Gasteiger partial charge in [-0.1, -0.05) is 29.3 Å². The Morgan fingerprint density at radius 1 is 1.24 bits per heavy atom. The highest BCUT2D eigenvalue weighted by Gasteiger charge is 2.13. The number of hydrogen-bond donors (Lipinski definition) is 1. The zero-order chi connectivity index (χ0) is 12.3. The van der Waals surface area contributed by atoms with E-state index in [-0.39, 0.29) is 0 Å². The summed E-state index contributed by atoms with van der Waals surface area (Å²) in [6.07, 6.45) is 0. The molecule has 0 radical (unpaired) electrons. The summed E-state index contributed by atoms with van der Waals surface area (Å²) in [6, 6.07) is 5.24. The summed E-state index contributed by atoms with van der Waals surface area (Å²) in [6.45, 7) is 2.79. The molecule has 2 N–H and O–H groups in total. The van der Waals surface area contributed by atoms with Crippen molar-refractivity contribution in [2.24, 2.45) is 10.7 Å². The maximum Gasteiger partial charge on any atom is 0.196 e. The van der Waals surface area contributed by atoms with E-state index in [1.807, 2.05) is 4.90 Å². The van der Waals surface area contributed by atoms with Crippen molar-refractivity contribution in [3.05, 3.63) is 28.2 Å². The molecule has 1 heterocycles. The zero-order valence-corrected chi connectivity index (χ0v) is 10.7. The number of ether oxygens (including phenoxy) is 1. The van der Waals surface area contributed by atoms with Crippen LogP contribution < -0.4 is 5.73 Å². The number of nitrogens with two attached hydrogens (primary N) is 1. The van der Waals surface area contributed by atoms with Gasteiger partial charge in [0.25, 0.3) is 0 Å². The fourth-order valence-electron chi connectivity index (χ4n) is 1.57. The number of nitrogens with zero attached hydrogens (tertiary/aromatic N) is 2. The van der Waals surface area contributed by atoms with Gasteiger partial charge in [0.15, 0.2) is 5.96 Å². The number of guanidine groups is 1. The lowest BCUT2D eigenvalue weighted by atomic mass is 10.3. The Balaban J connectivity index is 2.22. The molecule has 0 spiro atoms. The molecule has 0 unspecified atom stereocenters.